The van der Waals surface area contributed by atoms with Crippen LogP contribution in [-0.4, -0.2) is 46.9 Å². The Bertz CT molecular complexity index is 935. The van der Waals surface area contributed by atoms with Gasteiger partial charge in [0.2, 0.25) is 5.89 Å². The smallest absolute Gasteiger partial charge is 0.277 e. The second-order valence-electron chi connectivity index (χ2n) is 7.13. The third kappa shape index (κ3) is 5.28. The van der Waals surface area contributed by atoms with Crippen LogP contribution < -0.4 is 5.32 Å². The highest BCUT2D eigenvalue weighted by Gasteiger charge is 2.20. The number of aromatic nitrogens is 1. The Morgan fingerprint density at radius 2 is 1.62 bits per heavy atom. The number of oxazole rings is 1. The summed E-state index contributed by atoms with van der Waals surface area (Å²) in [6.07, 6.45) is 1.36. The second-order valence-corrected chi connectivity index (χ2v) is 7.13. The Kier molecular flexibility index (Phi) is 5.97. The fourth-order valence-corrected chi connectivity index (χ4v) is 3.35. The lowest BCUT2D eigenvalue weighted by molar-refractivity contribution is 0.102. The summed E-state index contributed by atoms with van der Waals surface area (Å²) in [5, 5.41) is 2.68. The lowest BCUT2D eigenvalue weighted by Gasteiger charge is -2.34. The minimum Gasteiger partial charge on any atom is -0.447 e. The van der Waals surface area contributed by atoms with Crippen LogP contribution in [0.3, 0.4) is 0 Å². The van der Waals surface area contributed by atoms with E-state index in [9.17, 15) is 9.18 Å². The summed E-state index contributed by atoms with van der Waals surface area (Å²) in [5.41, 5.74) is 2.05. The molecule has 0 saturated carbocycles. The van der Waals surface area contributed by atoms with Gasteiger partial charge >= 0.3 is 0 Å². The van der Waals surface area contributed by atoms with Crippen LogP contribution in [0, 0.1) is 5.82 Å². The Balaban J connectivity index is 1.26. The molecule has 0 aliphatic carbocycles. The van der Waals surface area contributed by atoms with E-state index in [0.717, 1.165) is 32.7 Å². The summed E-state index contributed by atoms with van der Waals surface area (Å²) in [6.45, 7) is 5.34. The molecule has 1 amide bonds. The van der Waals surface area contributed by atoms with Crippen molar-refractivity contribution in [2.24, 2.45) is 0 Å². The molecular weight excluding hydrogens is 371 g/mol. The van der Waals surface area contributed by atoms with Gasteiger partial charge in [-0.3, -0.25) is 14.6 Å². The molecule has 2 aromatic carbocycles. The molecule has 0 unspecified atom stereocenters. The van der Waals surface area contributed by atoms with Crippen LogP contribution in [0.5, 0.6) is 0 Å². The van der Waals surface area contributed by atoms with Crippen molar-refractivity contribution >= 4 is 11.6 Å². The molecule has 7 heteroatoms. The molecule has 4 rings (SSSR count). The van der Waals surface area contributed by atoms with Gasteiger partial charge in [0.15, 0.2) is 5.69 Å². The van der Waals surface area contributed by atoms with Crippen molar-refractivity contribution < 1.29 is 13.6 Å². The fraction of sp³-hybridized carbons (Fsp3) is 0.273. The standard InChI is InChI=1S/C22H23FN4O2/c23-18-6-8-19(9-7-18)24-22(28)20-16-29-21(25-20)15-27-12-10-26(11-13-27)14-17-4-2-1-3-5-17/h1-9,16H,10-15H2,(H,24,28). The molecule has 1 aliphatic rings. The van der Waals surface area contributed by atoms with E-state index in [0.29, 0.717) is 18.1 Å². The number of rotatable bonds is 6. The first-order valence-corrected chi connectivity index (χ1v) is 9.66. The molecule has 0 atom stereocenters. The Morgan fingerprint density at radius 1 is 0.966 bits per heavy atom. The summed E-state index contributed by atoms with van der Waals surface area (Å²) < 4.78 is 18.4. The number of anilines is 1. The minimum atomic E-state index is -0.376. The van der Waals surface area contributed by atoms with Gasteiger partial charge in [-0.15, -0.1) is 0 Å². The average Bonchev–Trinajstić information content (AvgIpc) is 3.21. The van der Waals surface area contributed by atoms with Crippen molar-refractivity contribution in [1.82, 2.24) is 14.8 Å². The highest BCUT2D eigenvalue weighted by molar-refractivity contribution is 6.02. The zero-order chi connectivity index (χ0) is 20.1. The molecule has 6 nitrogen and oxygen atoms in total. The number of hydrogen-bond acceptors (Lipinski definition) is 5. The van der Waals surface area contributed by atoms with E-state index in [1.165, 1.54) is 36.1 Å². The largest absolute Gasteiger partial charge is 0.447 e. The van der Waals surface area contributed by atoms with E-state index < -0.39 is 0 Å². The van der Waals surface area contributed by atoms with Crippen LogP contribution >= 0.6 is 0 Å². The number of carbonyl (C=O) groups excluding carboxylic acids is 1. The molecule has 0 bridgehead atoms. The Morgan fingerprint density at radius 3 is 2.31 bits per heavy atom. The molecule has 0 spiro atoms. The monoisotopic (exact) mass is 394 g/mol. The predicted octanol–water partition coefficient (Wildman–Crippen LogP) is 3.38. The Hall–Kier alpha value is -3.03. The van der Waals surface area contributed by atoms with Gasteiger partial charge in [0.1, 0.15) is 12.1 Å². The number of carbonyl (C=O) groups is 1. The minimum absolute atomic E-state index is 0.215. The van der Waals surface area contributed by atoms with Crippen molar-refractivity contribution in [2.45, 2.75) is 13.1 Å². The number of piperazine rings is 1. The first-order valence-electron chi connectivity index (χ1n) is 9.66. The number of nitrogens with zero attached hydrogens (tertiary/aromatic N) is 3. The van der Waals surface area contributed by atoms with Crippen LogP contribution in [0.4, 0.5) is 10.1 Å². The lowest BCUT2D eigenvalue weighted by Crippen LogP contribution is -2.45. The average molecular weight is 394 g/mol. The zero-order valence-corrected chi connectivity index (χ0v) is 16.1. The van der Waals surface area contributed by atoms with Gasteiger partial charge in [-0.25, -0.2) is 9.37 Å². The molecule has 3 aromatic rings. The molecule has 1 aromatic heterocycles. The quantitative estimate of drug-likeness (QED) is 0.695. The number of halogens is 1. The van der Waals surface area contributed by atoms with Gasteiger partial charge in [0.25, 0.3) is 5.91 Å². The van der Waals surface area contributed by atoms with E-state index >= 15 is 0 Å². The van der Waals surface area contributed by atoms with Crippen molar-refractivity contribution in [3.05, 3.63) is 83.8 Å². The molecule has 0 radical (unpaired) electrons. The van der Waals surface area contributed by atoms with E-state index in [1.54, 1.807) is 0 Å². The van der Waals surface area contributed by atoms with Gasteiger partial charge < -0.3 is 9.73 Å². The van der Waals surface area contributed by atoms with Crippen molar-refractivity contribution in [3.8, 4) is 0 Å². The van der Waals surface area contributed by atoms with Crippen LogP contribution in [-0.2, 0) is 13.1 Å². The van der Waals surface area contributed by atoms with Crippen LogP contribution in [0.2, 0.25) is 0 Å². The normalized spacial score (nSPS) is 15.3. The second kappa shape index (κ2) is 8.98. The van der Waals surface area contributed by atoms with Crippen molar-refractivity contribution in [2.75, 3.05) is 31.5 Å². The third-order valence-corrected chi connectivity index (χ3v) is 4.96. The first-order chi connectivity index (χ1) is 14.2. The summed E-state index contributed by atoms with van der Waals surface area (Å²) in [5.74, 6) is -0.208. The molecule has 1 aliphatic heterocycles. The number of amides is 1. The SMILES string of the molecule is O=C(Nc1ccc(F)cc1)c1coc(CN2CCN(Cc3ccccc3)CC2)n1. The van der Waals surface area contributed by atoms with Crippen LogP contribution in [0.25, 0.3) is 0 Å². The highest BCUT2D eigenvalue weighted by Crippen LogP contribution is 2.13. The van der Waals surface area contributed by atoms with Gasteiger partial charge in [-0.1, -0.05) is 30.3 Å². The molecule has 2 heterocycles. The van der Waals surface area contributed by atoms with Crippen molar-refractivity contribution in [3.63, 3.8) is 0 Å². The highest BCUT2D eigenvalue weighted by atomic mass is 19.1. The zero-order valence-electron chi connectivity index (χ0n) is 16.1. The fourth-order valence-electron chi connectivity index (χ4n) is 3.35. The molecule has 1 N–H and O–H groups in total. The maximum Gasteiger partial charge on any atom is 0.277 e. The summed E-state index contributed by atoms with van der Waals surface area (Å²) in [7, 11) is 0. The van der Waals surface area contributed by atoms with Crippen LogP contribution in [0.1, 0.15) is 21.9 Å². The summed E-state index contributed by atoms with van der Waals surface area (Å²) in [4.78, 5) is 21.3. The third-order valence-electron chi connectivity index (χ3n) is 4.96. The topological polar surface area (TPSA) is 61.6 Å². The molecule has 1 saturated heterocycles. The van der Waals surface area contributed by atoms with E-state index in [1.807, 2.05) is 6.07 Å². The maximum atomic E-state index is 13.0. The first kappa shape index (κ1) is 19.3. The van der Waals surface area contributed by atoms with E-state index in [-0.39, 0.29) is 17.4 Å². The van der Waals surface area contributed by atoms with Gasteiger partial charge in [-0.05, 0) is 29.8 Å². The molecule has 1 fully saturated rings. The predicted molar refractivity (Wildman–Crippen MR) is 108 cm³/mol. The number of benzene rings is 2. The summed E-state index contributed by atoms with van der Waals surface area (Å²) in [6, 6.07) is 16.1. The molecular formula is C22H23FN4O2. The van der Waals surface area contributed by atoms with E-state index in [2.05, 4.69) is 44.4 Å². The number of nitrogens with one attached hydrogen (secondary N) is 1. The van der Waals surface area contributed by atoms with Gasteiger partial charge in [-0.2, -0.15) is 0 Å². The van der Waals surface area contributed by atoms with E-state index in [4.69, 9.17) is 4.42 Å². The Labute approximate surface area is 169 Å². The van der Waals surface area contributed by atoms with Crippen LogP contribution in [0.15, 0.2) is 65.3 Å². The maximum absolute atomic E-state index is 13.0. The summed E-state index contributed by atoms with van der Waals surface area (Å²) >= 11 is 0. The number of hydrogen-bond donors (Lipinski definition) is 1. The molecule has 150 valence electrons. The lowest BCUT2D eigenvalue weighted by atomic mass is 10.2. The van der Waals surface area contributed by atoms with Gasteiger partial charge in [0.05, 0.1) is 6.54 Å². The molecule has 29 heavy (non-hydrogen) atoms. The van der Waals surface area contributed by atoms with Crippen molar-refractivity contribution in [1.29, 1.82) is 0 Å². The van der Waals surface area contributed by atoms with Gasteiger partial charge in [0, 0.05) is 38.4 Å².